The predicted molar refractivity (Wildman–Crippen MR) is 72.5 cm³/mol. The molecule has 106 valence electrons. The summed E-state index contributed by atoms with van der Waals surface area (Å²) < 4.78 is 37.7. The zero-order valence-corrected chi connectivity index (χ0v) is 11.6. The molecule has 1 aromatic carbocycles. The molecule has 0 saturated heterocycles. The standard InChI is InChI=1S/C12H9ClF3N3S/c13-9-5-10(17)19-11(18-9)20-6-7-2-1-3-8(4-7)12(14,15)16/h1-5H,6H2,(H2,17,18,19). The molecule has 2 N–H and O–H groups in total. The smallest absolute Gasteiger partial charge is 0.384 e. The lowest BCUT2D eigenvalue weighted by Gasteiger charge is -2.08. The van der Waals surface area contributed by atoms with Crippen LogP contribution in [-0.2, 0) is 11.9 Å². The maximum Gasteiger partial charge on any atom is 0.416 e. The number of hydrogen-bond acceptors (Lipinski definition) is 4. The Morgan fingerprint density at radius 2 is 1.95 bits per heavy atom. The van der Waals surface area contributed by atoms with Crippen LogP contribution in [0.25, 0.3) is 0 Å². The predicted octanol–water partition coefficient (Wildman–Crippen LogP) is 4.02. The van der Waals surface area contributed by atoms with E-state index >= 15 is 0 Å². The molecule has 20 heavy (non-hydrogen) atoms. The fourth-order valence-electron chi connectivity index (χ4n) is 1.46. The largest absolute Gasteiger partial charge is 0.416 e. The summed E-state index contributed by atoms with van der Waals surface area (Å²) in [7, 11) is 0. The Hall–Kier alpha value is -1.47. The van der Waals surface area contributed by atoms with Crippen LogP contribution < -0.4 is 5.73 Å². The molecule has 2 rings (SSSR count). The zero-order chi connectivity index (χ0) is 14.8. The Balaban J connectivity index is 2.11. The van der Waals surface area contributed by atoms with Crippen LogP contribution in [0.1, 0.15) is 11.1 Å². The highest BCUT2D eigenvalue weighted by Crippen LogP contribution is 2.31. The molecule has 2 aromatic rings. The molecule has 0 fully saturated rings. The van der Waals surface area contributed by atoms with Gasteiger partial charge in [0, 0.05) is 11.8 Å². The number of hydrogen-bond donors (Lipinski definition) is 1. The fraction of sp³-hybridized carbons (Fsp3) is 0.167. The molecule has 0 saturated carbocycles. The normalized spacial score (nSPS) is 11.6. The number of nitrogen functional groups attached to an aromatic ring is 1. The first-order valence-electron chi connectivity index (χ1n) is 5.43. The van der Waals surface area contributed by atoms with Crippen LogP contribution >= 0.6 is 23.4 Å². The summed E-state index contributed by atoms with van der Waals surface area (Å²) >= 11 is 6.89. The maximum atomic E-state index is 12.6. The molecular formula is C12H9ClF3N3S. The van der Waals surface area contributed by atoms with Gasteiger partial charge in [-0.25, -0.2) is 9.97 Å². The highest BCUT2D eigenvalue weighted by Gasteiger charge is 2.30. The highest BCUT2D eigenvalue weighted by molar-refractivity contribution is 7.98. The van der Waals surface area contributed by atoms with Crippen molar-refractivity contribution in [2.24, 2.45) is 0 Å². The molecule has 8 heteroatoms. The van der Waals surface area contributed by atoms with Gasteiger partial charge in [-0.2, -0.15) is 13.2 Å². The van der Waals surface area contributed by atoms with Gasteiger partial charge < -0.3 is 5.73 Å². The monoisotopic (exact) mass is 319 g/mol. The number of thioether (sulfide) groups is 1. The van der Waals surface area contributed by atoms with E-state index in [1.807, 2.05) is 0 Å². The topological polar surface area (TPSA) is 51.8 Å². The Morgan fingerprint density at radius 3 is 2.60 bits per heavy atom. The third-order valence-corrected chi connectivity index (χ3v) is 3.43. The molecule has 1 aromatic heterocycles. The molecular weight excluding hydrogens is 311 g/mol. The van der Waals surface area contributed by atoms with Crippen molar-refractivity contribution in [2.75, 3.05) is 5.73 Å². The maximum absolute atomic E-state index is 12.6. The molecule has 0 unspecified atom stereocenters. The molecule has 0 aliphatic heterocycles. The number of alkyl halides is 3. The van der Waals surface area contributed by atoms with Crippen LogP contribution in [0.5, 0.6) is 0 Å². The number of rotatable bonds is 3. The van der Waals surface area contributed by atoms with Crippen LogP contribution in [0.2, 0.25) is 5.15 Å². The van der Waals surface area contributed by atoms with Gasteiger partial charge in [0.05, 0.1) is 5.56 Å². The van der Waals surface area contributed by atoms with Gasteiger partial charge in [0.2, 0.25) is 0 Å². The Labute approximate surface area is 122 Å². The highest BCUT2D eigenvalue weighted by atomic mass is 35.5. The average Bonchev–Trinajstić information content (AvgIpc) is 2.35. The van der Waals surface area contributed by atoms with E-state index in [-0.39, 0.29) is 11.0 Å². The van der Waals surface area contributed by atoms with Crippen molar-refractivity contribution in [3.05, 3.63) is 46.6 Å². The van der Waals surface area contributed by atoms with Crippen LogP contribution in [0.3, 0.4) is 0 Å². The van der Waals surface area contributed by atoms with Crippen LogP contribution in [0, 0.1) is 0 Å². The second-order valence-corrected chi connectivity index (χ2v) is 5.21. The zero-order valence-electron chi connectivity index (χ0n) is 9.99. The SMILES string of the molecule is Nc1cc(Cl)nc(SCc2cccc(C(F)(F)F)c2)n1. The summed E-state index contributed by atoms with van der Waals surface area (Å²) in [5.74, 6) is 0.514. The lowest BCUT2D eigenvalue weighted by molar-refractivity contribution is -0.137. The van der Waals surface area contributed by atoms with Gasteiger partial charge >= 0.3 is 6.18 Å². The van der Waals surface area contributed by atoms with E-state index in [0.717, 1.165) is 12.1 Å². The summed E-state index contributed by atoms with van der Waals surface area (Å²) in [6, 6.07) is 6.50. The number of halogens is 4. The Morgan fingerprint density at radius 1 is 1.20 bits per heavy atom. The molecule has 0 aliphatic rings. The molecule has 3 nitrogen and oxygen atoms in total. The Bertz CT molecular complexity index is 599. The third-order valence-electron chi connectivity index (χ3n) is 2.32. The quantitative estimate of drug-likeness (QED) is 0.527. The summed E-state index contributed by atoms with van der Waals surface area (Å²) in [6.45, 7) is 0. The van der Waals surface area contributed by atoms with E-state index in [0.29, 0.717) is 16.5 Å². The minimum absolute atomic E-state index is 0.198. The molecule has 0 aliphatic carbocycles. The van der Waals surface area contributed by atoms with E-state index < -0.39 is 11.7 Å². The number of benzene rings is 1. The van der Waals surface area contributed by atoms with Crippen molar-refractivity contribution in [3.63, 3.8) is 0 Å². The first-order valence-corrected chi connectivity index (χ1v) is 6.80. The van der Waals surface area contributed by atoms with Gasteiger partial charge in [-0.3, -0.25) is 0 Å². The molecule has 0 atom stereocenters. The third kappa shape index (κ3) is 4.01. The first-order chi connectivity index (χ1) is 9.34. The van der Waals surface area contributed by atoms with Gasteiger partial charge in [-0.15, -0.1) is 0 Å². The van der Waals surface area contributed by atoms with Gasteiger partial charge in [0.15, 0.2) is 5.16 Å². The van der Waals surface area contributed by atoms with Gasteiger partial charge in [0.1, 0.15) is 11.0 Å². The molecule has 0 spiro atoms. The lowest BCUT2D eigenvalue weighted by atomic mass is 10.1. The van der Waals surface area contributed by atoms with Gasteiger partial charge in [-0.05, 0) is 11.6 Å². The summed E-state index contributed by atoms with van der Waals surface area (Å²) in [4.78, 5) is 7.88. The van der Waals surface area contributed by atoms with Crippen LogP contribution in [-0.4, -0.2) is 9.97 Å². The number of aromatic nitrogens is 2. The minimum Gasteiger partial charge on any atom is -0.384 e. The minimum atomic E-state index is -4.35. The van der Waals surface area contributed by atoms with Crippen LogP contribution in [0.15, 0.2) is 35.5 Å². The number of anilines is 1. The van der Waals surface area contributed by atoms with Crippen molar-refractivity contribution in [3.8, 4) is 0 Å². The number of nitrogens with zero attached hydrogens (tertiary/aromatic N) is 2. The van der Waals surface area contributed by atoms with E-state index in [2.05, 4.69) is 9.97 Å². The number of nitrogens with two attached hydrogens (primary N) is 1. The summed E-state index contributed by atoms with van der Waals surface area (Å²) in [5, 5.41) is 0.524. The Kier molecular flexibility index (Phi) is 4.39. The van der Waals surface area contributed by atoms with Crippen molar-refractivity contribution in [2.45, 2.75) is 17.1 Å². The summed E-state index contributed by atoms with van der Waals surface area (Å²) in [5.41, 5.74) is 5.35. The molecule has 0 amide bonds. The molecule has 0 radical (unpaired) electrons. The fourth-order valence-corrected chi connectivity index (χ4v) is 2.51. The van der Waals surface area contributed by atoms with Crippen LogP contribution in [0.4, 0.5) is 19.0 Å². The molecule has 1 heterocycles. The van der Waals surface area contributed by atoms with E-state index in [1.165, 1.54) is 23.9 Å². The van der Waals surface area contributed by atoms with Crippen molar-refractivity contribution >= 4 is 29.2 Å². The van der Waals surface area contributed by atoms with Crippen molar-refractivity contribution in [1.82, 2.24) is 9.97 Å². The lowest BCUT2D eigenvalue weighted by Crippen LogP contribution is -2.05. The van der Waals surface area contributed by atoms with E-state index in [4.69, 9.17) is 17.3 Å². The van der Waals surface area contributed by atoms with Crippen molar-refractivity contribution in [1.29, 1.82) is 0 Å². The second-order valence-electron chi connectivity index (χ2n) is 3.88. The van der Waals surface area contributed by atoms with E-state index in [9.17, 15) is 13.2 Å². The van der Waals surface area contributed by atoms with Gasteiger partial charge in [-0.1, -0.05) is 41.6 Å². The summed E-state index contributed by atoms with van der Waals surface area (Å²) in [6.07, 6.45) is -4.35. The van der Waals surface area contributed by atoms with Crippen molar-refractivity contribution < 1.29 is 13.2 Å². The molecule has 0 bridgehead atoms. The first kappa shape index (κ1) is 14.9. The second kappa shape index (κ2) is 5.88. The van der Waals surface area contributed by atoms with E-state index in [1.54, 1.807) is 6.07 Å². The average molecular weight is 320 g/mol. The van der Waals surface area contributed by atoms with Gasteiger partial charge in [0.25, 0.3) is 0 Å².